The smallest absolute Gasteiger partial charge is 0.233 e. The van der Waals surface area contributed by atoms with Gasteiger partial charge in [-0.2, -0.15) is 4.98 Å². The Morgan fingerprint density at radius 1 is 1.38 bits per heavy atom. The average molecular weight is 233 g/mol. The molecule has 5 heteroatoms. The molecule has 0 unspecified atom stereocenters. The zero-order chi connectivity index (χ0) is 11.5. The molecule has 0 amide bonds. The summed E-state index contributed by atoms with van der Waals surface area (Å²) in [5.41, 5.74) is 7.51. The molecule has 1 aromatic carbocycles. The highest BCUT2D eigenvalue weighted by Crippen LogP contribution is 2.16. The number of nitrogens with zero attached hydrogens (tertiary/aromatic N) is 2. The van der Waals surface area contributed by atoms with Crippen LogP contribution in [-0.4, -0.2) is 15.1 Å². The van der Waals surface area contributed by atoms with Crippen molar-refractivity contribution in [2.24, 2.45) is 5.73 Å². The van der Waals surface area contributed by atoms with Crippen molar-refractivity contribution < 1.29 is 4.52 Å². The molecule has 0 radical (unpaired) electrons. The maximum atomic E-state index is 5.40. The summed E-state index contributed by atoms with van der Waals surface area (Å²) in [7, 11) is 0. The second kappa shape index (κ2) is 4.40. The fraction of sp³-hybridized carbons (Fsp3) is 0.182. The molecular formula is C11H11N3OS. The molecule has 0 saturated carbocycles. The molecule has 2 N–H and O–H groups in total. The maximum absolute atomic E-state index is 5.40. The predicted octanol–water partition coefficient (Wildman–Crippen LogP) is 1.87. The minimum Gasteiger partial charge on any atom is -0.393 e. The third-order valence-electron chi connectivity index (χ3n) is 2.10. The Balaban J connectivity index is 2.24. The number of nitrogens with two attached hydrogens (primary N) is 1. The number of hydrogen-bond donors (Lipinski definition) is 1. The second-order valence-corrected chi connectivity index (χ2v) is 4.05. The summed E-state index contributed by atoms with van der Waals surface area (Å²) >= 11 is 4.77. The van der Waals surface area contributed by atoms with Crippen LogP contribution in [0.25, 0.3) is 11.4 Å². The van der Waals surface area contributed by atoms with Gasteiger partial charge in [0.25, 0.3) is 0 Å². The van der Waals surface area contributed by atoms with Gasteiger partial charge in [0.05, 0.1) is 11.4 Å². The van der Waals surface area contributed by atoms with Gasteiger partial charge in [-0.15, -0.1) is 0 Å². The van der Waals surface area contributed by atoms with Crippen molar-refractivity contribution in [2.75, 3.05) is 0 Å². The van der Waals surface area contributed by atoms with Crippen LogP contribution in [0.2, 0.25) is 0 Å². The Kier molecular flexibility index (Phi) is 2.96. The van der Waals surface area contributed by atoms with Gasteiger partial charge < -0.3 is 10.3 Å². The zero-order valence-electron chi connectivity index (χ0n) is 8.80. The SMILES string of the molecule is Cc1ccc(-c2noc(CC(N)=S)n2)cc1. The van der Waals surface area contributed by atoms with Gasteiger partial charge >= 0.3 is 0 Å². The van der Waals surface area contributed by atoms with Crippen LogP contribution in [0.3, 0.4) is 0 Å². The van der Waals surface area contributed by atoms with Crippen LogP contribution in [-0.2, 0) is 6.42 Å². The third kappa shape index (κ3) is 2.43. The summed E-state index contributed by atoms with van der Waals surface area (Å²) in [4.78, 5) is 4.55. The molecule has 4 nitrogen and oxygen atoms in total. The molecule has 0 atom stereocenters. The van der Waals surface area contributed by atoms with Crippen molar-refractivity contribution in [3.63, 3.8) is 0 Å². The third-order valence-corrected chi connectivity index (χ3v) is 2.25. The first-order valence-electron chi connectivity index (χ1n) is 4.83. The van der Waals surface area contributed by atoms with E-state index in [0.717, 1.165) is 5.56 Å². The van der Waals surface area contributed by atoms with E-state index in [1.807, 2.05) is 31.2 Å². The summed E-state index contributed by atoms with van der Waals surface area (Å²) < 4.78 is 5.03. The highest BCUT2D eigenvalue weighted by atomic mass is 32.1. The Labute approximate surface area is 98.5 Å². The zero-order valence-corrected chi connectivity index (χ0v) is 9.62. The fourth-order valence-electron chi connectivity index (χ4n) is 1.30. The van der Waals surface area contributed by atoms with Gasteiger partial charge in [0, 0.05) is 5.56 Å². The summed E-state index contributed by atoms with van der Waals surface area (Å²) in [6.45, 7) is 2.03. The molecule has 0 bridgehead atoms. The monoisotopic (exact) mass is 233 g/mol. The molecule has 0 spiro atoms. The van der Waals surface area contributed by atoms with Crippen LogP contribution in [0.4, 0.5) is 0 Å². The second-order valence-electron chi connectivity index (χ2n) is 3.52. The first-order valence-corrected chi connectivity index (χ1v) is 5.24. The summed E-state index contributed by atoms with van der Waals surface area (Å²) in [6.07, 6.45) is 0.341. The summed E-state index contributed by atoms with van der Waals surface area (Å²) in [5, 5.41) is 3.87. The Morgan fingerprint density at radius 3 is 2.69 bits per heavy atom. The van der Waals surface area contributed by atoms with E-state index in [-0.39, 0.29) is 0 Å². The van der Waals surface area contributed by atoms with Crippen molar-refractivity contribution in [3.8, 4) is 11.4 Å². The van der Waals surface area contributed by atoms with Crippen LogP contribution in [0.1, 0.15) is 11.5 Å². The van der Waals surface area contributed by atoms with Gasteiger partial charge in [-0.1, -0.05) is 47.2 Å². The van der Waals surface area contributed by atoms with E-state index >= 15 is 0 Å². The lowest BCUT2D eigenvalue weighted by molar-refractivity contribution is 0.389. The van der Waals surface area contributed by atoms with E-state index in [1.165, 1.54) is 5.56 Å². The molecule has 2 aromatic rings. The number of hydrogen-bond acceptors (Lipinski definition) is 4. The molecule has 0 fully saturated rings. The van der Waals surface area contributed by atoms with E-state index < -0.39 is 0 Å². The lowest BCUT2D eigenvalue weighted by Gasteiger charge is -1.94. The van der Waals surface area contributed by atoms with Crippen LogP contribution >= 0.6 is 12.2 Å². The van der Waals surface area contributed by atoms with Crippen LogP contribution in [0.5, 0.6) is 0 Å². The van der Waals surface area contributed by atoms with Crippen molar-refractivity contribution in [2.45, 2.75) is 13.3 Å². The van der Waals surface area contributed by atoms with Gasteiger partial charge in [-0.3, -0.25) is 0 Å². The maximum Gasteiger partial charge on any atom is 0.233 e. The normalized spacial score (nSPS) is 10.3. The largest absolute Gasteiger partial charge is 0.393 e. The Hall–Kier alpha value is -1.75. The fourth-order valence-corrected chi connectivity index (χ4v) is 1.42. The van der Waals surface area contributed by atoms with Crippen molar-refractivity contribution in [3.05, 3.63) is 35.7 Å². The highest BCUT2D eigenvalue weighted by Gasteiger charge is 2.08. The van der Waals surface area contributed by atoms with Gasteiger partial charge in [-0.25, -0.2) is 0 Å². The first kappa shape index (κ1) is 10.8. The van der Waals surface area contributed by atoms with Gasteiger partial charge in [0.2, 0.25) is 11.7 Å². The van der Waals surface area contributed by atoms with E-state index in [0.29, 0.717) is 23.1 Å². The molecule has 0 aliphatic carbocycles. The minimum atomic E-state index is 0.341. The molecule has 0 saturated heterocycles. The number of aromatic nitrogens is 2. The van der Waals surface area contributed by atoms with E-state index in [9.17, 15) is 0 Å². The number of rotatable bonds is 3. The lowest BCUT2D eigenvalue weighted by atomic mass is 10.1. The number of aryl methyl sites for hydroxylation is 1. The Bertz CT molecular complexity index is 504. The molecular weight excluding hydrogens is 222 g/mol. The summed E-state index contributed by atoms with van der Waals surface area (Å²) in [6, 6.07) is 7.90. The van der Waals surface area contributed by atoms with E-state index in [1.54, 1.807) is 0 Å². The molecule has 1 heterocycles. The number of benzene rings is 1. The topological polar surface area (TPSA) is 64.9 Å². The standard InChI is InChI=1S/C11H11N3OS/c1-7-2-4-8(5-3-7)11-13-10(15-14-11)6-9(12)16/h2-5H,6H2,1H3,(H2,12,16). The van der Waals surface area contributed by atoms with Crippen LogP contribution < -0.4 is 5.73 Å². The van der Waals surface area contributed by atoms with Gasteiger partial charge in [0.15, 0.2) is 0 Å². The average Bonchev–Trinajstić information content (AvgIpc) is 2.66. The van der Waals surface area contributed by atoms with Gasteiger partial charge in [-0.05, 0) is 6.92 Å². The summed E-state index contributed by atoms with van der Waals surface area (Å²) in [5.74, 6) is 1.01. The van der Waals surface area contributed by atoms with E-state index in [4.69, 9.17) is 22.5 Å². The van der Waals surface area contributed by atoms with E-state index in [2.05, 4.69) is 10.1 Å². The lowest BCUT2D eigenvalue weighted by Crippen LogP contribution is -2.11. The van der Waals surface area contributed by atoms with Gasteiger partial charge in [0.1, 0.15) is 0 Å². The van der Waals surface area contributed by atoms with Crippen molar-refractivity contribution in [1.29, 1.82) is 0 Å². The minimum absolute atomic E-state index is 0.341. The number of thiocarbonyl (C=S) groups is 1. The molecule has 16 heavy (non-hydrogen) atoms. The molecule has 0 aliphatic rings. The van der Waals surface area contributed by atoms with Crippen molar-refractivity contribution in [1.82, 2.24) is 10.1 Å². The highest BCUT2D eigenvalue weighted by molar-refractivity contribution is 7.80. The first-order chi connectivity index (χ1) is 7.65. The van der Waals surface area contributed by atoms with Crippen LogP contribution in [0, 0.1) is 6.92 Å². The Morgan fingerprint density at radius 2 is 2.06 bits per heavy atom. The predicted molar refractivity (Wildman–Crippen MR) is 65.0 cm³/mol. The molecule has 2 rings (SSSR count). The molecule has 0 aliphatic heterocycles. The quantitative estimate of drug-likeness (QED) is 0.820. The molecule has 82 valence electrons. The van der Waals surface area contributed by atoms with Crippen LogP contribution in [0.15, 0.2) is 28.8 Å². The van der Waals surface area contributed by atoms with Crippen molar-refractivity contribution >= 4 is 17.2 Å². The molecule has 1 aromatic heterocycles.